The van der Waals surface area contributed by atoms with Crippen molar-refractivity contribution in [1.29, 1.82) is 0 Å². The maximum Gasteiger partial charge on any atom is 0.409 e. The second kappa shape index (κ2) is 9.25. The van der Waals surface area contributed by atoms with E-state index in [2.05, 4.69) is 30.8 Å². The minimum atomic E-state index is -1.14. The van der Waals surface area contributed by atoms with Crippen molar-refractivity contribution in [3.05, 3.63) is 94.6 Å². The molecule has 2 aromatic carbocycles. The average Bonchev–Trinajstić information content (AvgIpc) is 3.65. The Morgan fingerprint density at radius 3 is 2.74 bits per heavy atom. The standard InChI is InChI=1S/C25H19ClN8O4/c26-15-3-6-21(33-12-28-31-32-33)17(8-15)14-7-18-22(35)9-19(23(18)34(38)11-14)24-27-10-20(30-24)13-1-4-16(5-2-13)29-25(36)37/h1-8,10-12,19,22,29,35H,9H2,(H,27,30)(H,36,37). The summed E-state index contributed by atoms with van der Waals surface area (Å²) in [5, 5.41) is 47.2. The number of amides is 1. The van der Waals surface area contributed by atoms with Crippen LogP contribution < -0.4 is 10.0 Å². The molecule has 0 spiro atoms. The molecule has 4 N–H and O–H groups in total. The molecule has 3 aromatic heterocycles. The van der Waals surface area contributed by atoms with Crippen LogP contribution in [-0.2, 0) is 0 Å². The third kappa shape index (κ3) is 4.21. The van der Waals surface area contributed by atoms with Gasteiger partial charge in [-0.1, -0.05) is 23.7 Å². The summed E-state index contributed by atoms with van der Waals surface area (Å²) in [6.45, 7) is 0. The highest BCUT2D eigenvalue weighted by molar-refractivity contribution is 6.31. The van der Waals surface area contributed by atoms with Gasteiger partial charge in [0.25, 0.3) is 0 Å². The van der Waals surface area contributed by atoms with Gasteiger partial charge in [0, 0.05) is 21.8 Å². The third-order valence-electron chi connectivity index (χ3n) is 6.49. The first kappa shape index (κ1) is 23.6. The summed E-state index contributed by atoms with van der Waals surface area (Å²) >= 11 is 6.26. The van der Waals surface area contributed by atoms with Crippen LogP contribution in [0.15, 0.2) is 67.3 Å². The highest BCUT2D eigenvalue weighted by atomic mass is 35.5. The fourth-order valence-electron chi connectivity index (χ4n) is 4.80. The molecule has 6 rings (SSSR count). The summed E-state index contributed by atoms with van der Waals surface area (Å²) < 4.78 is 2.24. The molecule has 3 heterocycles. The zero-order chi connectivity index (χ0) is 26.4. The van der Waals surface area contributed by atoms with Gasteiger partial charge in [-0.25, -0.2) is 9.78 Å². The number of anilines is 1. The number of halogens is 1. The first-order valence-electron chi connectivity index (χ1n) is 11.5. The number of nitrogens with zero attached hydrogens (tertiary/aromatic N) is 6. The molecule has 0 aliphatic heterocycles. The number of pyridine rings is 1. The van der Waals surface area contributed by atoms with E-state index < -0.39 is 18.1 Å². The summed E-state index contributed by atoms with van der Waals surface area (Å²) in [6.07, 6.45) is 2.80. The van der Waals surface area contributed by atoms with Crippen LogP contribution in [0.4, 0.5) is 10.5 Å². The van der Waals surface area contributed by atoms with E-state index in [9.17, 15) is 15.1 Å². The lowest BCUT2D eigenvalue weighted by molar-refractivity contribution is -0.614. The largest absolute Gasteiger partial charge is 0.618 e. The molecule has 1 aliphatic carbocycles. The van der Waals surface area contributed by atoms with Crippen LogP contribution in [0.1, 0.15) is 35.5 Å². The lowest BCUT2D eigenvalue weighted by Crippen LogP contribution is -2.33. The van der Waals surface area contributed by atoms with Crippen molar-refractivity contribution >= 4 is 23.4 Å². The van der Waals surface area contributed by atoms with E-state index in [0.717, 1.165) is 10.3 Å². The maximum atomic E-state index is 13.3. The smallest absolute Gasteiger partial charge is 0.409 e. The van der Waals surface area contributed by atoms with Gasteiger partial charge in [0.1, 0.15) is 18.1 Å². The number of rotatable bonds is 5. The monoisotopic (exact) mass is 530 g/mol. The van der Waals surface area contributed by atoms with Crippen molar-refractivity contribution in [3.8, 4) is 28.1 Å². The van der Waals surface area contributed by atoms with Crippen LogP contribution in [-0.4, -0.2) is 46.5 Å². The molecule has 0 fully saturated rings. The van der Waals surface area contributed by atoms with Gasteiger partial charge in [-0.05, 0) is 58.8 Å². The number of tetrazole rings is 1. The first-order valence-corrected chi connectivity index (χ1v) is 11.9. The average molecular weight is 531 g/mol. The lowest BCUT2D eigenvalue weighted by atomic mass is 10.0. The van der Waals surface area contributed by atoms with Crippen molar-refractivity contribution in [2.75, 3.05) is 5.32 Å². The number of hydrogen-bond acceptors (Lipinski definition) is 7. The van der Waals surface area contributed by atoms with Crippen molar-refractivity contribution in [2.45, 2.75) is 18.4 Å². The number of aromatic nitrogens is 7. The highest BCUT2D eigenvalue weighted by Crippen LogP contribution is 2.43. The van der Waals surface area contributed by atoms with Crippen LogP contribution in [0.3, 0.4) is 0 Å². The van der Waals surface area contributed by atoms with E-state index in [-0.39, 0.29) is 6.42 Å². The summed E-state index contributed by atoms with van der Waals surface area (Å²) in [6, 6.07) is 13.8. The fraction of sp³-hybridized carbons (Fsp3) is 0.120. The van der Waals surface area contributed by atoms with Gasteiger partial charge in [-0.3, -0.25) is 5.32 Å². The lowest BCUT2D eigenvalue weighted by Gasteiger charge is -2.13. The summed E-state index contributed by atoms with van der Waals surface area (Å²) in [5.74, 6) is 0.0895. The van der Waals surface area contributed by atoms with E-state index in [1.165, 1.54) is 17.2 Å². The van der Waals surface area contributed by atoms with Crippen molar-refractivity contribution < 1.29 is 19.7 Å². The van der Waals surface area contributed by atoms with Crippen LogP contribution >= 0.6 is 11.6 Å². The van der Waals surface area contributed by atoms with E-state index in [1.807, 2.05) is 0 Å². The SMILES string of the molecule is O=C(O)Nc1ccc(-c2cnc(C3CC(O)c4cc(-c5cc(Cl)ccc5-n5cnnn5)c[n+]([O-])c43)[nH]2)cc1. The van der Waals surface area contributed by atoms with E-state index >= 15 is 0 Å². The quantitative estimate of drug-likeness (QED) is 0.197. The number of carbonyl (C=O) groups is 1. The van der Waals surface area contributed by atoms with E-state index in [4.69, 9.17) is 16.7 Å². The normalized spacial score (nSPS) is 16.4. The molecular weight excluding hydrogens is 512 g/mol. The van der Waals surface area contributed by atoms with Gasteiger partial charge < -0.3 is 20.4 Å². The molecule has 5 aromatic rings. The summed E-state index contributed by atoms with van der Waals surface area (Å²) in [4.78, 5) is 18.6. The number of carboxylic acid groups (broad SMARTS) is 1. The van der Waals surface area contributed by atoms with Crippen LogP contribution in [0.2, 0.25) is 5.02 Å². The number of imidazole rings is 1. The molecule has 38 heavy (non-hydrogen) atoms. The van der Waals surface area contributed by atoms with E-state index in [1.54, 1.807) is 54.7 Å². The van der Waals surface area contributed by atoms with Crippen molar-refractivity contribution in [2.24, 2.45) is 0 Å². The van der Waals surface area contributed by atoms with Gasteiger partial charge in [0.05, 0.1) is 29.2 Å². The second-order valence-corrected chi connectivity index (χ2v) is 9.24. The molecule has 1 aliphatic rings. The van der Waals surface area contributed by atoms with E-state index in [0.29, 0.717) is 50.3 Å². The Labute approximate surface area is 219 Å². The number of aliphatic hydroxyl groups excluding tert-OH is 1. The Hall–Kier alpha value is -4.81. The number of hydrogen-bond donors (Lipinski definition) is 4. The molecule has 0 saturated carbocycles. The van der Waals surface area contributed by atoms with Crippen LogP contribution in [0, 0.1) is 5.21 Å². The van der Waals surface area contributed by atoms with Gasteiger partial charge in [0.2, 0.25) is 5.69 Å². The van der Waals surface area contributed by atoms with Crippen molar-refractivity contribution in [1.82, 2.24) is 30.2 Å². The predicted octanol–water partition coefficient (Wildman–Crippen LogP) is 3.67. The topological polar surface area (TPSA) is 169 Å². The number of nitrogens with one attached hydrogen (secondary N) is 2. The molecule has 12 nitrogen and oxygen atoms in total. The molecule has 13 heteroatoms. The van der Waals surface area contributed by atoms with Gasteiger partial charge in [-0.15, -0.1) is 5.10 Å². The molecule has 2 atom stereocenters. The Morgan fingerprint density at radius 2 is 2.00 bits per heavy atom. The number of fused-ring (bicyclic) bond motifs is 1. The minimum absolute atomic E-state index is 0.283. The van der Waals surface area contributed by atoms with Gasteiger partial charge in [0.15, 0.2) is 6.20 Å². The zero-order valence-corrected chi connectivity index (χ0v) is 20.2. The maximum absolute atomic E-state index is 13.3. The Kier molecular flexibility index (Phi) is 5.74. The molecular formula is C25H19ClN8O4. The highest BCUT2D eigenvalue weighted by Gasteiger charge is 2.40. The Bertz CT molecular complexity index is 1650. The minimum Gasteiger partial charge on any atom is -0.618 e. The molecule has 190 valence electrons. The van der Waals surface area contributed by atoms with Crippen molar-refractivity contribution in [3.63, 3.8) is 0 Å². The molecule has 2 unspecified atom stereocenters. The summed E-state index contributed by atoms with van der Waals surface area (Å²) in [7, 11) is 0. The summed E-state index contributed by atoms with van der Waals surface area (Å²) in [5.41, 5.74) is 4.67. The van der Waals surface area contributed by atoms with Crippen LogP contribution in [0.25, 0.3) is 28.1 Å². The molecule has 1 amide bonds. The number of aromatic amines is 1. The predicted molar refractivity (Wildman–Crippen MR) is 136 cm³/mol. The molecule has 0 bridgehead atoms. The van der Waals surface area contributed by atoms with Gasteiger partial charge in [-0.2, -0.15) is 9.41 Å². The Morgan fingerprint density at radius 1 is 1.18 bits per heavy atom. The number of aliphatic hydroxyl groups is 1. The Balaban J connectivity index is 1.35. The third-order valence-corrected chi connectivity index (χ3v) is 6.72. The number of H-pyrrole nitrogens is 1. The van der Waals surface area contributed by atoms with Gasteiger partial charge >= 0.3 is 6.09 Å². The molecule has 0 radical (unpaired) electrons. The second-order valence-electron chi connectivity index (χ2n) is 8.80. The zero-order valence-electron chi connectivity index (χ0n) is 19.5. The fourth-order valence-corrected chi connectivity index (χ4v) is 4.97. The first-order chi connectivity index (χ1) is 18.4. The van der Waals surface area contributed by atoms with Crippen LogP contribution in [0.5, 0.6) is 0 Å². The molecule has 0 saturated heterocycles. The number of benzene rings is 2.